The van der Waals surface area contributed by atoms with Gasteiger partial charge in [0, 0.05) is 19.0 Å². The van der Waals surface area contributed by atoms with E-state index in [9.17, 15) is 14.4 Å². The largest absolute Gasteiger partial charge is 0.454 e. The highest BCUT2D eigenvalue weighted by Gasteiger charge is 2.37. The highest BCUT2D eigenvalue weighted by molar-refractivity contribution is 5.88. The van der Waals surface area contributed by atoms with Crippen molar-refractivity contribution in [3.63, 3.8) is 0 Å². The first-order valence-corrected chi connectivity index (χ1v) is 5.83. The van der Waals surface area contributed by atoms with Crippen LogP contribution < -0.4 is 0 Å². The van der Waals surface area contributed by atoms with Crippen LogP contribution in [0.15, 0.2) is 0 Å². The van der Waals surface area contributed by atoms with Gasteiger partial charge in [-0.25, -0.2) is 0 Å². The number of ketones is 1. The molecule has 5 heteroatoms. The molecular formula is C12H19NO4. The number of esters is 1. The molecule has 1 aliphatic rings. The van der Waals surface area contributed by atoms with E-state index in [1.54, 1.807) is 4.90 Å². The van der Waals surface area contributed by atoms with Gasteiger partial charge in [-0.05, 0) is 27.7 Å². The maximum atomic E-state index is 11.7. The molecule has 1 aliphatic heterocycles. The lowest BCUT2D eigenvalue weighted by Crippen LogP contribution is -2.33. The summed E-state index contributed by atoms with van der Waals surface area (Å²) >= 11 is 0. The second kappa shape index (κ2) is 5.29. The first-order valence-electron chi connectivity index (χ1n) is 5.83. The van der Waals surface area contributed by atoms with Crippen molar-refractivity contribution < 1.29 is 19.1 Å². The monoisotopic (exact) mass is 241 g/mol. The number of amides is 1. The Bertz CT molecular complexity index is 337. The van der Waals surface area contributed by atoms with Gasteiger partial charge in [0.15, 0.2) is 11.9 Å². The van der Waals surface area contributed by atoms with Crippen LogP contribution in [0.3, 0.4) is 0 Å². The third-order valence-electron chi connectivity index (χ3n) is 2.98. The number of rotatable bonds is 4. The summed E-state index contributed by atoms with van der Waals surface area (Å²) in [5.41, 5.74) is 0. The summed E-state index contributed by atoms with van der Waals surface area (Å²) in [7, 11) is 0. The predicted octanol–water partition coefficient (Wildman–Crippen LogP) is 0.764. The Morgan fingerprint density at radius 3 is 2.35 bits per heavy atom. The van der Waals surface area contributed by atoms with Gasteiger partial charge in [-0.15, -0.1) is 0 Å². The number of Topliss-reactive ketones (excluding diaryl/α,β-unsaturated/α-hetero) is 1. The van der Waals surface area contributed by atoms with Crippen LogP contribution >= 0.6 is 0 Å². The lowest BCUT2D eigenvalue weighted by atomic mass is 10.1. The third kappa shape index (κ3) is 3.28. The molecule has 1 heterocycles. The number of ether oxygens (including phenoxy) is 1. The van der Waals surface area contributed by atoms with Gasteiger partial charge in [-0.1, -0.05) is 0 Å². The van der Waals surface area contributed by atoms with Gasteiger partial charge in [0.05, 0.1) is 5.92 Å². The van der Waals surface area contributed by atoms with E-state index in [4.69, 9.17) is 4.74 Å². The molecule has 2 atom stereocenters. The number of hydrogen-bond acceptors (Lipinski definition) is 4. The Labute approximate surface area is 101 Å². The Morgan fingerprint density at radius 2 is 1.94 bits per heavy atom. The molecule has 1 rings (SSSR count). The third-order valence-corrected chi connectivity index (χ3v) is 2.98. The predicted molar refractivity (Wildman–Crippen MR) is 61.2 cm³/mol. The van der Waals surface area contributed by atoms with Gasteiger partial charge in [0.1, 0.15) is 0 Å². The van der Waals surface area contributed by atoms with Crippen molar-refractivity contribution in [2.45, 2.75) is 46.3 Å². The molecule has 1 fully saturated rings. The maximum Gasteiger partial charge on any atom is 0.311 e. The summed E-state index contributed by atoms with van der Waals surface area (Å²) in [6, 6.07) is 0.0885. The van der Waals surface area contributed by atoms with Gasteiger partial charge >= 0.3 is 5.97 Å². The minimum Gasteiger partial charge on any atom is -0.454 e. The summed E-state index contributed by atoms with van der Waals surface area (Å²) in [4.78, 5) is 36.0. The van der Waals surface area contributed by atoms with Crippen LogP contribution in [0.5, 0.6) is 0 Å². The van der Waals surface area contributed by atoms with Crippen LogP contribution in [0, 0.1) is 5.92 Å². The minimum atomic E-state index is -0.731. The molecule has 96 valence electrons. The van der Waals surface area contributed by atoms with Gasteiger partial charge in [-0.3, -0.25) is 14.4 Å². The van der Waals surface area contributed by atoms with Crippen LogP contribution in [0.4, 0.5) is 0 Å². The van der Waals surface area contributed by atoms with E-state index in [2.05, 4.69) is 0 Å². The van der Waals surface area contributed by atoms with E-state index in [0.717, 1.165) is 0 Å². The topological polar surface area (TPSA) is 63.7 Å². The van der Waals surface area contributed by atoms with Gasteiger partial charge in [-0.2, -0.15) is 0 Å². The summed E-state index contributed by atoms with van der Waals surface area (Å²) < 4.78 is 5.00. The van der Waals surface area contributed by atoms with Crippen LogP contribution in [0.2, 0.25) is 0 Å². The second-order valence-corrected chi connectivity index (χ2v) is 4.73. The Kier molecular flexibility index (Phi) is 4.26. The van der Waals surface area contributed by atoms with Crippen molar-refractivity contribution in [3.8, 4) is 0 Å². The van der Waals surface area contributed by atoms with Crippen molar-refractivity contribution in [2.75, 3.05) is 6.54 Å². The normalized spacial score (nSPS) is 21.8. The quantitative estimate of drug-likeness (QED) is 0.682. The molecule has 0 N–H and O–H groups in total. The lowest BCUT2D eigenvalue weighted by Gasteiger charge is -2.20. The molecule has 0 spiro atoms. The van der Waals surface area contributed by atoms with E-state index in [-0.39, 0.29) is 24.2 Å². The number of nitrogens with zero attached hydrogens (tertiary/aromatic N) is 1. The highest BCUT2D eigenvalue weighted by Crippen LogP contribution is 2.21. The first-order chi connectivity index (χ1) is 7.82. The molecule has 1 saturated heterocycles. The SMILES string of the molecule is CC(=O)[C@@H](C)OC(=O)[C@@H]1CC(=O)N(C(C)C)C1. The lowest BCUT2D eigenvalue weighted by molar-refractivity contribution is -0.157. The molecule has 1 amide bonds. The molecule has 0 aromatic rings. The Hall–Kier alpha value is -1.39. The van der Waals surface area contributed by atoms with E-state index >= 15 is 0 Å². The second-order valence-electron chi connectivity index (χ2n) is 4.73. The van der Waals surface area contributed by atoms with Gasteiger partial charge in [0.25, 0.3) is 0 Å². The van der Waals surface area contributed by atoms with Crippen molar-refractivity contribution >= 4 is 17.7 Å². The van der Waals surface area contributed by atoms with E-state index in [1.807, 2.05) is 13.8 Å². The van der Waals surface area contributed by atoms with Gasteiger partial charge in [0.2, 0.25) is 5.91 Å². The zero-order valence-electron chi connectivity index (χ0n) is 10.7. The van der Waals surface area contributed by atoms with Crippen LogP contribution in [-0.2, 0) is 19.1 Å². The number of carbonyl (C=O) groups is 3. The smallest absolute Gasteiger partial charge is 0.311 e. The van der Waals surface area contributed by atoms with Crippen molar-refractivity contribution in [1.82, 2.24) is 4.90 Å². The highest BCUT2D eigenvalue weighted by atomic mass is 16.5. The molecule has 0 saturated carbocycles. The average molecular weight is 241 g/mol. The minimum absolute atomic E-state index is 0.0302. The zero-order chi connectivity index (χ0) is 13.2. The molecule has 0 bridgehead atoms. The molecule has 0 aliphatic carbocycles. The average Bonchev–Trinajstić information content (AvgIpc) is 2.60. The Morgan fingerprint density at radius 1 is 1.35 bits per heavy atom. The van der Waals surface area contributed by atoms with Crippen LogP contribution in [0.1, 0.15) is 34.1 Å². The fourth-order valence-electron chi connectivity index (χ4n) is 1.74. The van der Waals surface area contributed by atoms with E-state index < -0.39 is 18.0 Å². The molecule has 0 unspecified atom stereocenters. The number of likely N-dealkylation sites (tertiary alicyclic amines) is 1. The van der Waals surface area contributed by atoms with Crippen molar-refractivity contribution in [3.05, 3.63) is 0 Å². The molecule has 0 aromatic carbocycles. The Balaban J connectivity index is 2.56. The van der Waals surface area contributed by atoms with Crippen LogP contribution in [-0.4, -0.2) is 41.3 Å². The van der Waals surface area contributed by atoms with E-state index in [0.29, 0.717) is 6.54 Å². The summed E-state index contributed by atoms with van der Waals surface area (Å²) in [5.74, 6) is -1.11. The molecule has 5 nitrogen and oxygen atoms in total. The maximum absolute atomic E-state index is 11.7. The van der Waals surface area contributed by atoms with Crippen molar-refractivity contribution in [2.24, 2.45) is 5.92 Å². The zero-order valence-corrected chi connectivity index (χ0v) is 10.7. The summed E-state index contributed by atoms with van der Waals surface area (Å²) in [6.07, 6.45) is -0.549. The number of hydrogen-bond donors (Lipinski definition) is 0. The molecule has 17 heavy (non-hydrogen) atoms. The molecule has 0 radical (unpaired) electrons. The summed E-state index contributed by atoms with van der Waals surface area (Å²) in [6.45, 7) is 7.11. The fourth-order valence-corrected chi connectivity index (χ4v) is 1.74. The summed E-state index contributed by atoms with van der Waals surface area (Å²) in [5, 5.41) is 0. The van der Waals surface area contributed by atoms with E-state index in [1.165, 1.54) is 13.8 Å². The van der Waals surface area contributed by atoms with Crippen molar-refractivity contribution in [1.29, 1.82) is 0 Å². The fraction of sp³-hybridized carbons (Fsp3) is 0.750. The van der Waals surface area contributed by atoms with Gasteiger partial charge < -0.3 is 9.64 Å². The van der Waals surface area contributed by atoms with Crippen LogP contribution in [0.25, 0.3) is 0 Å². The number of carbonyl (C=O) groups excluding carboxylic acids is 3. The standard InChI is InChI=1S/C12H19NO4/c1-7(2)13-6-10(5-11(13)15)12(16)17-9(4)8(3)14/h7,9-10H,5-6H2,1-4H3/t9-,10-/m1/s1. The first kappa shape index (κ1) is 13.7. The molecule has 0 aromatic heterocycles. The molecular weight excluding hydrogens is 222 g/mol.